The van der Waals surface area contributed by atoms with Crippen LogP contribution in [-0.2, 0) is 9.59 Å². The third-order valence-electron chi connectivity index (χ3n) is 3.70. The summed E-state index contributed by atoms with van der Waals surface area (Å²) in [4.78, 5) is 36.4. The van der Waals surface area contributed by atoms with Crippen molar-refractivity contribution in [1.29, 1.82) is 0 Å². The van der Waals surface area contributed by atoms with Gasteiger partial charge in [0.05, 0.1) is 12.6 Å². The number of anilines is 1. The quantitative estimate of drug-likeness (QED) is 0.629. The Labute approximate surface area is 146 Å². The van der Waals surface area contributed by atoms with Crippen LogP contribution in [0, 0.1) is 0 Å². The smallest absolute Gasteiger partial charge is 0.315 e. The van der Waals surface area contributed by atoms with E-state index in [2.05, 4.69) is 16.0 Å². The molecule has 0 aliphatic carbocycles. The lowest BCUT2D eigenvalue weighted by Gasteiger charge is -2.18. The highest BCUT2D eigenvalue weighted by atomic mass is 16.5. The summed E-state index contributed by atoms with van der Waals surface area (Å²) in [6.07, 6.45) is 0.256. The van der Waals surface area contributed by atoms with Crippen LogP contribution in [0.3, 0.4) is 0 Å². The number of urea groups is 1. The summed E-state index contributed by atoms with van der Waals surface area (Å²) < 4.78 is 5.39. The molecule has 0 spiro atoms. The molecular formula is C17H24N4O4. The molecule has 1 aromatic rings. The fraction of sp³-hybridized carbons (Fsp3) is 0.471. The molecule has 25 heavy (non-hydrogen) atoms. The van der Waals surface area contributed by atoms with E-state index in [-0.39, 0.29) is 30.3 Å². The second kappa shape index (κ2) is 8.91. The van der Waals surface area contributed by atoms with E-state index in [9.17, 15) is 14.4 Å². The Hall–Kier alpha value is -2.77. The molecule has 8 heteroatoms. The van der Waals surface area contributed by atoms with Crippen LogP contribution in [0.25, 0.3) is 0 Å². The van der Waals surface area contributed by atoms with Gasteiger partial charge in [0.25, 0.3) is 0 Å². The largest absolute Gasteiger partial charge is 0.494 e. The van der Waals surface area contributed by atoms with Crippen molar-refractivity contribution in [2.45, 2.75) is 26.3 Å². The lowest BCUT2D eigenvalue weighted by molar-refractivity contribution is -0.119. The number of benzene rings is 1. The molecule has 1 aliphatic heterocycles. The maximum Gasteiger partial charge on any atom is 0.315 e. The van der Waals surface area contributed by atoms with Crippen LogP contribution < -0.4 is 25.6 Å². The fourth-order valence-corrected chi connectivity index (χ4v) is 2.59. The number of rotatable bonds is 7. The van der Waals surface area contributed by atoms with Gasteiger partial charge in [0.1, 0.15) is 5.75 Å². The van der Waals surface area contributed by atoms with Gasteiger partial charge in [-0.15, -0.1) is 0 Å². The molecule has 0 bridgehead atoms. The Morgan fingerprint density at radius 3 is 2.52 bits per heavy atom. The molecule has 136 valence electrons. The van der Waals surface area contributed by atoms with Crippen LogP contribution in [0.15, 0.2) is 24.3 Å². The monoisotopic (exact) mass is 348 g/mol. The number of nitrogens with one attached hydrogen (secondary N) is 3. The summed E-state index contributed by atoms with van der Waals surface area (Å²) in [7, 11) is 0. The maximum absolute atomic E-state index is 12.2. The van der Waals surface area contributed by atoms with E-state index in [0.29, 0.717) is 26.2 Å². The molecule has 0 saturated carbocycles. The second-order valence-electron chi connectivity index (χ2n) is 5.72. The number of hydrogen-bond acceptors (Lipinski definition) is 4. The van der Waals surface area contributed by atoms with Crippen molar-refractivity contribution in [2.75, 3.05) is 31.1 Å². The van der Waals surface area contributed by atoms with Gasteiger partial charge in [-0.3, -0.25) is 9.59 Å². The topological polar surface area (TPSA) is 99.8 Å². The minimum atomic E-state index is -0.350. The van der Waals surface area contributed by atoms with Gasteiger partial charge in [0, 0.05) is 38.7 Å². The highest BCUT2D eigenvalue weighted by molar-refractivity contribution is 5.96. The second-order valence-corrected chi connectivity index (χ2v) is 5.72. The SMILES string of the molecule is CCOc1ccc(N2C[C@H](NC(=O)NCCNC(C)=O)CC2=O)cc1. The van der Waals surface area contributed by atoms with E-state index in [4.69, 9.17) is 4.74 Å². The van der Waals surface area contributed by atoms with Crippen LogP contribution >= 0.6 is 0 Å². The summed E-state index contributed by atoms with van der Waals surface area (Å²) in [5, 5.41) is 8.01. The first-order chi connectivity index (χ1) is 12.0. The van der Waals surface area contributed by atoms with Crippen LogP contribution in [0.4, 0.5) is 10.5 Å². The molecule has 1 aromatic carbocycles. The number of hydrogen-bond donors (Lipinski definition) is 3. The predicted octanol–water partition coefficient (Wildman–Crippen LogP) is 0.626. The molecule has 0 unspecified atom stereocenters. The first-order valence-corrected chi connectivity index (χ1v) is 8.31. The summed E-state index contributed by atoms with van der Waals surface area (Å²) >= 11 is 0. The molecule has 1 atom stereocenters. The minimum Gasteiger partial charge on any atom is -0.494 e. The third kappa shape index (κ3) is 5.66. The Morgan fingerprint density at radius 1 is 1.20 bits per heavy atom. The first kappa shape index (κ1) is 18.6. The number of ether oxygens (including phenoxy) is 1. The van der Waals surface area contributed by atoms with Crippen molar-refractivity contribution in [3.63, 3.8) is 0 Å². The molecular weight excluding hydrogens is 324 g/mol. The zero-order chi connectivity index (χ0) is 18.2. The van der Waals surface area contributed by atoms with Crippen molar-refractivity contribution in [3.8, 4) is 5.75 Å². The molecule has 2 rings (SSSR count). The Bertz CT molecular complexity index is 618. The van der Waals surface area contributed by atoms with Crippen molar-refractivity contribution in [3.05, 3.63) is 24.3 Å². The van der Waals surface area contributed by atoms with Gasteiger partial charge in [0.15, 0.2) is 0 Å². The number of carbonyl (C=O) groups excluding carboxylic acids is 3. The van der Waals surface area contributed by atoms with Gasteiger partial charge < -0.3 is 25.6 Å². The predicted molar refractivity (Wildman–Crippen MR) is 93.6 cm³/mol. The molecule has 0 radical (unpaired) electrons. The molecule has 1 saturated heterocycles. The van der Waals surface area contributed by atoms with Crippen LogP contribution in [-0.4, -0.2) is 50.1 Å². The number of amides is 4. The molecule has 0 aromatic heterocycles. The van der Waals surface area contributed by atoms with Gasteiger partial charge >= 0.3 is 6.03 Å². The molecule has 8 nitrogen and oxygen atoms in total. The molecule has 1 heterocycles. The van der Waals surface area contributed by atoms with E-state index in [0.717, 1.165) is 11.4 Å². The van der Waals surface area contributed by atoms with E-state index in [1.807, 2.05) is 31.2 Å². The fourth-order valence-electron chi connectivity index (χ4n) is 2.59. The lowest BCUT2D eigenvalue weighted by atomic mass is 10.2. The molecule has 1 aliphatic rings. The highest BCUT2D eigenvalue weighted by Gasteiger charge is 2.31. The van der Waals surface area contributed by atoms with Crippen LogP contribution in [0.1, 0.15) is 20.3 Å². The summed E-state index contributed by atoms with van der Waals surface area (Å²) in [5.74, 6) is 0.577. The Morgan fingerprint density at radius 2 is 1.88 bits per heavy atom. The maximum atomic E-state index is 12.2. The van der Waals surface area contributed by atoms with Gasteiger partial charge in [0.2, 0.25) is 11.8 Å². The van der Waals surface area contributed by atoms with Crippen molar-refractivity contribution in [1.82, 2.24) is 16.0 Å². The van der Waals surface area contributed by atoms with Gasteiger partial charge in [-0.2, -0.15) is 0 Å². The normalized spacial score (nSPS) is 16.5. The molecule has 3 N–H and O–H groups in total. The van der Waals surface area contributed by atoms with E-state index >= 15 is 0 Å². The van der Waals surface area contributed by atoms with Crippen LogP contribution in [0.2, 0.25) is 0 Å². The van der Waals surface area contributed by atoms with E-state index in [1.165, 1.54) is 6.92 Å². The first-order valence-electron chi connectivity index (χ1n) is 8.31. The van der Waals surface area contributed by atoms with Crippen molar-refractivity contribution in [2.24, 2.45) is 0 Å². The minimum absolute atomic E-state index is 0.0345. The van der Waals surface area contributed by atoms with E-state index < -0.39 is 0 Å². The van der Waals surface area contributed by atoms with Gasteiger partial charge in [-0.1, -0.05) is 0 Å². The zero-order valence-corrected chi connectivity index (χ0v) is 14.5. The standard InChI is InChI=1S/C17H24N4O4/c1-3-25-15-6-4-14(5-7-15)21-11-13(10-16(21)23)20-17(24)19-9-8-18-12(2)22/h4-7,13H,3,8-11H2,1-2H3,(H,18,22)(H2,19,20,24)/t13-/m1/s1. The number of nitrogens with zero attached hydrogens (tertiary/aromatic N) is 1. The van der Waals surface area contributed by atoms with Crippen molar-refractivity contribution < 1.29 is 19.1 Å². The number of carbonyl (C=O) groups is 3. The van der Waals surface area contributed by atoms with Crippen LogP contribution in [0.5, 0.6) is 5.75 Å². The molecule has 4 amide bonds. The highest BCUT2D eigenvalue weighted by Crippen LogP contribution is 2.24. The van der Waals surface area contributed by atoms with Gasteiger partial charge in [-0.25, -0.2) is 4.79 Å². The molecule has 1 fully saturated rings. The average molecular weight is 348 g/mol. The third-order valence-corrected chi connectivity index (χ3v) is 3.70. The Kier molecular flexibility index (Phi) is 6.62. The lowest BCUT2D eigenvalue weighted by Crippen LogP contribution is -2.45. The summed E-state index contributed by atoms with van der Waals surface area (Å²) in [5.41, 5.74) is 0.781. The van der Waals surface area contributed by atoms with Crippen molar-refractivity contribution >= 4 is 23.5 Å². The average Bonchev–Trinajstić information content (AvgIpc) is 2.93. The van der Waals surface area contributed by atoms with E-state index in [1.54, 1.807) is 4.90 Å². The Balaban J connectivity index is 1.81. The summed E-state index contributed by atoms with van der Waals surface area (Å²) in [6.45, 7) is 5.03. The van der Waals surface area contributed by atoms with Gasteiger partial charge in [-0.05, 0) is 31.2 Å². The zero-order valence-electron chi connectivity index (χ0n) is 14.5. The summed E-state index contributed by atoms with van der Waals surface area (Å²) in [6, 6.07) is 6.71.